The monoisotopic (exact) mass is 315 g/mol. The molecule has 18 heavy (non-hydrogen) atoms. The predicted molar refractivity (Wildman–Crippen MR) is 62.2 cm³/mol. The minimum Gasteiger partial charge on any atom is -0.465 e. The summed E-state index contributed by atoms with van der Waals surface area (Å²) in [4.78, 5) is 11.6. The highest BCUT2D eigenvalue weighted by molar-refractivity contribution is 9.10. The minimum absolute atomic E-state index is 0.0823. The quantitative estimate of drug-likeness (QED) is 0.788. The van der Waals surface area contributed by atoms with Crippen molar-refractivity contribution in [1.29, 1.82) is 5.26 Å². The van der Waals surface area contributed by atoms with Crippen molar-refractivity contribution in [3.8, 4) is 6.07 Å². The topological polar surface area (TPSA) is 50.1 Å². The van der Waals surface area contributed by atoms with Crippen LogP contribution < -0.4 is 0 Å². The Bertz CT molecular complexity index is 570. The van der Waals surface area contributed by atoms with E-state index in [-0.39, 0.29) is 22.0 Å². The van der Waals surface area contributed by atoms with Crippen LogP contribution in [-0.2, 0) is 10.2 Å². The molecule has 2 rings (SSSR count). The molecule has 1 aromatic carbocycles. The van der Waals surface area contributed by atoms with E-state index in [1.165, 1.54) is 12.1 Å². The van der Waals surface area contributed by atoms with Crippen LogP contribution in [0, 0.1) is 17.1 Å². The standard InChI is InChI=1S/C12H8BrF2NO2/c1-18-11(17)6-2-3-7(13)10(15)9(6)12(5-16)4-8(12)14/h2-3,8H,4H2,1H3/t8-,12+/m0/s1. The average Bonchev–Trinajstić information content (AvgIpc) is 3.03. The van der Waals surface area contributed by atoms with Crippen LogP contribution in [-0.4, -0.2) is 19.3 Å². The zero-order valence-corrected chi connectivity index (χ0v) is 10.9. The number of rotatable bonds is 2. The Hall–Kier alpha value is -1.48. The second-order valence-electron chi connectivity index (χ2n) is 4.03. The van der Waals surface area contributed by atoms with Crippen molar-refractivity contribution in [3.05, 3.63) is 33.5 Å². The van der Waals surface area contributed by atoms with Gasteiger partial charge in [-0.3, -0.25) is 0 Å². The zero-order chi connectivity index (χ0) is 13.5. The van der Waals surface area contributed by atoms with Gasteiger partial charge < -0.3 is 4.74 Å². The smallest absolute Gasteiger partial charge is 0.338 e. The van der Waals surface area contributed by atoms with Gasteiger partial charge >= 0.3 is 5.97 Å². The summed E-state index contributed by atoms with van der Waals surface area (Å²) in [5.41, 5.74) is -1.91. The Morgan fingerprint density at radius 3 is 2.72 bits per heavy atom. The normalized spacial score (nSPS) is 25.4. The van der Waals surface area contributed by atoms with Crippen molar-refractivity contribution in [3.63, 3.8) is 0 Å². The maximum absolute atomic E-state index is 14.1. The van der Waals surface area contributed by atoms with E-state index >= 15 is 0 Å². The summed E-state index contributed by atoms with van der Waals surface area (Å²) in [6.07, 6.45) is -1.57. The first kappa shape index (κ1) is 13.0. The number of alkyl halides is 1. The van der Waals surface area contributed by atoms with Crippen LogP contribution in [0.2, 0.25) is 0 Å². The third-order valence-electron chi connectivity index (χ3n) is 3.02. The first-order chi connectivity index (χ1) is 8.47. The van der Waals surface area contributed by atoms with E-state index in [1.54, 1.807) is 6.07 Å². The fourth-order valence-electron chi connectivity index (χ4n) is 1.92. The molecule has 6 heteroatoms. The molecule has 0 heterocycles. The largest absolute Gasteiger partial charge is 0.465 e. The minimum atomic E-state index is -1.57. The molecule has 3 nitrogen and oxygen atoms in total. The van der Waals surface area contributed by atoms with Crippen molar-refractivity contribution in [2.75, 3.05) is 7.11 Å². The molecule has 0 aromatic heterocycles. The second kappa shape index (κ2) is 4.32. The lowest BCUT2D eigenvalue weighted by Gasteiger charge is -2.13. The van der Waals surface area contributed by atoms with Gasteiger partial charge in [-0.2, -0.15) is 5.26 Å². The maximum atomic E-state index is 14.1. The Morgan fingerprint density at radius 1 is 1.67 bits per heavy atom. The van der Waals surface area contributed by atoms with Gasteiger partial charge in [0.2, 0.25) is 0 Å². The van der Waals surface area contributed by atoms with Gasteiger partial charge in [0.25, 0.3) is 0 Å². The van der Waals surface area contributed by atoms with Crippen molar-refractivity contribution < 1.29 is 18.3 Å². The van der Waals surface area contributed by atoms with Crippen LogP contribution in [0.3, 0.4) is 0 Å². The van der Waals surface area contributed by atoms with E-state index in [0.717, 1.165) is 7.11 Å². The second-order valence-corrected chi connectivity index (χ2v) is 4.88. The van der Waals surface area contributed by atoms with Gasteiger partial charge in [0.15, 0.2) is 0 Å². The van der Waals surface area contributed by atoms with Gasteiger partial charge in [0, 0.05) is 12.0 Å². The van der Waals surface area contributed by atoms with E-state index in [1.807, 2.05) is 0 Å². The van der Waals surface area contributed by atoms with Gasteiger partial charge in [-0.05, 0) is 28.1 Å². The van der Waals surface area contributed by atoms with Gasteiger partial charge in [0.05, 0.1) is 23.2 Å². The van der Waals surface area contributed by atoms with Crippen LogP contribution in [0.15, 0.2) is 16.6 Å². The number of carbonyl (C=O) groups is 1. The molecule has 1 saturated carbocycles. The molecule has 1 fully saturated rings. The number of carbonyl (C=O) groups excluding carboxylic acids is 1. The lowest BCUT2D eigenvalue weighted by molar-refractivity contribution is 0.0598. The number of ether oxygens (including phenoxy) is 1. The molecule has 0 N–H and O–H groups in total. The molecule has 1 aliphatic carbocycles. The first-order valence-corrected chi connectivity index (χ1v) is 5.89. The zero-order valence-electron chi connectivity index (χ0n) is 9.34. The Labute approximate surface area is 110 Å². The van der Waals surface area contributed by atoms with Gasteiger partial charge in [0.1, 0.15) is 17.4 Å². The lowest BCUT2D eigenvalue weighted by Crippen LogP contribution is -2.18. The number of nitriles is 1. The van der Waals surface area contributed by atoms with Crippen LogP contribution >= 0.6 is 15.9 Å². The van der Waals surface area contributed by atoms with E-state index < -0.39 is 23.4 Å². The lowest BCUT2D eigenvalue weighted by atomic mass is 9.91. The predicted octanol–water partition coefficient (Wildman–Crippen LogP) is 2.88. The van der Waals surface area contributed by atoms with E-state index in [9.17, 15) is 13.6 Å². The molecule has 0 amide bonds. The summed E-state index contributed by atoms with van der Waals surface area (Å²) in [6.45, 7) is 0. The van der Waals surface area contributed by atoms with Crippen LogP contribution in [0.1, 0.15) is 22.3 Å². The highest BCUT2D eigenvalue weighted by Gasteiger charge is 2.60. The summed E-state index contributed by atoms with van der Waals surface area (Å²) in [5.74, 6) is -1.58. The summed E-state index contributed by atoms with van der Waals surface area (Å²) >= 11 is 2.96. The summed E-state index contributed by atoms with van der Waals surface area (Å²) in [7, 11) is 1.14. The highest BCUT2D eigenvalue weighted by Crippen LogP contribution is 2.53. The fraction of sp³-hybridized carbons (Fsp3) is 0.333. The number of hydrogen-bond donors (Lipinski definition) is 0. The summed E-state index contributed by atoms with van der Waals surface area (Å²) < 4.78 is 32.1. The molecule has 2 atom stereocenters. The molecule has 1 aliphatic rings. The first-order valence-electron chi connectivity index (χ1n) is 5.10. The average molecular weight is 316 g/mol. The number of hydrogen-bond acceptors (Lipinski definition) is 3. The van der Waals surface area contributed by atoms with Gasteiger partial charge in [-0.25, -0.2) is 13.6 Å². The third-order valence-corrected chi connectivity index (χ3v) is 3.63. The molecule has 0 unspecified atom stereocenters. The maximum Gasteiger partial charge on any atom is 0.338 e. The Morgan fingerprint density at radius 2 is 2.28 bits per heavy atom. The third kappa shape index (κ3) is 1.70. The molecule has 0 aliphatic heterocycles. The molecule has 94 valence electrons. The van der Waals surface area contributed by atoms with E-state index in [4.69, 9.17) is 5.26 Å². The van der Waals surface area contributed by atoms with Gasteiger partial charge in [-0.1, -0.05) is 0 Å². The molecule has 1 aromatic rings. The van der Waals surface area contributed by atoms with E-state index in [0.29, 0.717) is 0 Å². The molecule has 0 radical (unpaired) electrons. The summed E-state index contributed by atoms with van der Waals surface area (Å²) in [6, 6.07) is 4.41. The molecular weight excluding hydrogens is 308 g/mol. The SMILES string of the molecule is COC(=O)c1ccc(Br)c(F)c1[C@@]1(C#N)C[C@@H]1F. The van der Waals surface area contributed by atoms with Crippen molar-refractivity contribution >= 4 is 21.9 Å². The van der Waals surface area contributed by atoms with Crippen LogP contribution in [0.25, 0.3) is 0 Å². The van der Waals surface area contributed by atoms with Crippen molar-refractivity contribution in [2.24, 2.45) is 0 Å². The van der Waals surface area contributed by atoms with Crippen LogP contribution in [0.5, 0.6) is 0 Å². The Balaban J connectivity index is 2.68. The molecular formula is C12H8BrF2NO2. The van der Waals surface area contributed by atoms with E-state index in [2.05, 4.69) is 20.7 Å². The van der Waals surface area contributed by atoms with Crippen molar-refractivity contribution in [1.82, 2.24) is 0 Å². The summed E-state index contributed by atoms with van der Waals surface area (Å²) in [5, 5.41) is 9.05. The number of halogens is 3. The van der Waals surface area contributed by atoms with Crippen LogP contribution in [0.4, 0.5) is 8.78 Å². The number of esters is 1. The highest BCUT2D eigenvalue weighted by atomic mass is 79.9. The van der Waals surface area contributed by atoms with Gasteiger partial charge in [-0.15, -0.1) is 0 Å². The molecule has 0 bridgehead atoms. The number of benzene rings is 1. The van der Waals surface area contributed by atoms with Crippen molar-refractivity contribution in [2.45, 2.75) is 18.0 Å². The Kier molecular flexibility index (Phi) is 3.11. The molecule has 0 saturated heterocycles. The number of nitrogens with zero attached hydrogens (tertiary/aromatic N) is 1. The fourth-order valence-corrected chi connectivity index (χ4v) is 2.25. The number of methoxy groups -OCH3 is 1. The molecule has 0 spiro atoms.